The first-order valence-corrected chi connectivity index (χ1v) is 8.76. The van der Waals surface area contributed by atoms with Crippen LogP contribution < -0.4 is 10.2 Å². The summed E-state index contributed by atoms with van der Waals surface area (Å²) in [5.74, 6) is 6.50. The fourth-order valence-electron chi connectivity index (χ4n) is 2.47. The molecule has 0 bridgehead atoms. The van der Waals surface area contributed by atoms with Gasteiger partial charge in [-0.25, -0.2) is 0 Å². The van der Waals surface area contributed by atoms with E-state index >= 15 is 0 Å². The second-order valence-electron chi connectivity index (χ2n) is 5.30. The molecule has 0 aliphatic carbocycles. The highest BCUT2D eigenvalue weighted by atomic mass is 16.1. The van der Waals surface area contributed by atoms with Crippen LogP contribution in [0.2, 0.25) is 0 Å². The molecule has 2 aromatic carbocycles. The average Bonchev–Trinajstić information content (AvgIpc) is 2.65. The molecule has 3 rings (SSSR count). The first kappa shape index (κ1) is 20.5. The second-order valence-corrected chi connectivity index (χ2v) is 5.30. The molecular formula is C22H28N2O. The van der Waals surface area contributed by atoms with Crippen molar-refractivity contribution in [3.05, 3.63) is 65.2 Å². The van der Waals surface area contributed by atoms with Crippen molar-refractivity contribution in [1.29, 1.82) is 0 Å². The number of hydrogen-bond acceptors (Lipinski definition) is 3. The van der Waals surface area contributed by atoms with Crippen molar-refractivity contribution in [2.75, 3.05) is 25.5 Å². The Morgan fingerprint density at radius 3 is 2.24 bits per heavy atom. The molecule has 25 heavy (non-hydrogen) atoms. The van der Waals surface area contributed by atoms with Crippen molar-refractivity contribution in [2.24, 2.45) is 0 Å². The average molecular weight is 336 g/mol. The lowest BCUT2D eigenvalue weighted by Crippen LogP contribution is -2.26. The predicted molar refractivity (Wildman–Crippen MR) is 107 cm³/mol. The minimum absolute atomic E-state index is 0.532. The van der Waals surface area contributed by atoms with Crippen LogP contribution in [0.15, 0.2) is 48.5 Å². The van der Waals surface area contributed by atoms with Gasteiger partial charge < -0.3 is 15.0 Å². The van der Waals surface area contributed by atoms with Crippen LogP contribution in [0.4, 0.5) is 5.69 Å². The molecule has 0 saturated heterocycles. The molecule has 0 atom stereocenters. The van der Waals surface area contributed by atoms with E-state index in [-0.39, 0.29) is 0 Å². The van der Waals surface area contributed by atoms with E-state index in [4.69, 9.17) is 0 Å². The number of aldehydes is 1. The van der Waals surface area contributed by atoms with Gasteiger partial charge in [0.15, 0.2) is 0 Å². The predicted octanol–water partition coefficient (Wildman–Crippen LogP) is 3.86. The number of carbonyl (C=O) groups excluding carboxylic acids is 1. The Morgan fingerprint density at radius 2 is 1.56 bits per heavy atom. The summed E-state index contributed by atoms with van der Waals surface area (Å²) in [4.78, 5) is 12.9. The molecule has 0 saturated carbocycles. The lowest BCUT2D eigenvalue weighted by atomic mass is 10.0. The van der Waals surface area contributed by atoms with Crippen LogP contribution in [0.5, 0.6) is 0 Å². The Balaban J connectivity index is 0.000000567. The maximum Gasteiger partial charge on any atom is 0.121 e. The minimum Gasteiger partial charge on any atom is -0.366 e. The van der Waals surface area contributed by atoms with Gasteiger partial charge in [-0.1, -0.05) is 56.0 Å². The number of hydrogen-bond donors (Lipinski definition) is 1. The number of nitrogens with one attached hydrogen (secondary N) is 1. The van der Waals surface area contributed by atoms with Crippen LogP contribution >= 0.6 is 0 Å². The zero-order valence-electron chi connectivity index (χ0n) is 15.7. The molecule has 2 aromatic rings. The lowest BCUT2D eigenvalue weighted by molar-refractivity contribution is -0.107. The number of benzene rings is 2. The quantitative estimate of drug-likeness (QED) is 0.682. The number of carbonyl (C=O) groups is 1. The SMILES string of the molecule is CC.CNC.O=CCCN1Cc2ccccc2C#Cc2ccccc21. The van der Waals surface area contributed by atoms with Crippen LogP contribution in [-0.2, 0) is 11.3 Å². The van der Waals surface area contributed by atoms with Crippen molar-refractivity contribution in [3.8, 4) is 11.8 Å². The van der Waals surface area contributed by atoms with E-state index < -0.39 is 0 Å². The van der Waals surface area contributed by atoms with Gasteiger partial charge in [0.2, 0.25) is 0 Å². The van der Waals surface area contributed by atoms with Crippen LogP contribution in [-0.4, -0.2) is 26.9 Å². The zero-order chi connectivity index (χ0) is 18.5. The van der Waals surface area contributed by atoms with Crippen LogP contribution in [0, 0.1) is 11.8 Å². The van der Waals surface area contributed by atoms with E-state index in [1.54, 1.807) is 0 Å². The van der Waals surface area contributed by atoms with E-state index in [0.29, 0.717) is 6.42 Å². The van der Waals surface area contributed by atoms with Gasteiger partial charge in [-0.3, -0.25) is 0 Å². The number of anilines is 1. The smallest absolute Gasteiger partial charge is 0.121 e. The molecular weight excluding hydrogens is 308 g/mol. The third-order valence-corrected chi connectivity index (χ3v) is 3.47. The zero-order valence-corrected chi connectivity index (χ0v) is 15.7. The van der Waals surface area contributed by atoms with Gasteiger partial charge in [0, 0.05) is 30.6 Å². The molecule has 1 N–H and O–H groups in total. The first-order valence-electron chi connectivity index (χ1n) is 8.76. The summed E-state index contributed by atoms with van der Waals surface area (Å²) in [6.45, 7) is 5.51. The molecule has 0 amide bonds. The molecule has 0 unspecified atom stereocenters. The summed E-state index contributed by atoms with van der Waals surface area (Å²) >= 11 is 0. The van der Waals surface area contributed by atoms with Gasteiger partial charge in [-0.05, 0) is 37.9 Å². The summed E-state index contributed by atoms with van der Waals surface area (Å²) < 4.78 is 0. The van der Waals surface area contributed by atoms with Gasteiger partial charge in [-0.15, -0.1) is 0 Å². The van der Waals surface area contributed by atoms with Crippen molar-refractivity contribution in [1.82, 2.24) is 5.32 Å². The Bertz CT molecular complexity index is 713. The summed E-state index contributed by atoms with van der Waals surface area (Å²) in [6.07, 6.45) is 1.50. The first-order chi connectivity index (χ1) is 12.3. The van der Waals surface area contributed by atoms with E-state index in [0.717, 1.165) is 36.2 Å². The van der Waals surface area contributed by atoms with Gasteiger partial charge in [0.1, 0.15) is 6.29 Å². The Labute approximate surface area is 152 Å². The Kier molecular flexibility index (Phi) is 9.74. The van der Waals surface area contributed by atoms with Crippen LogP contribution in [0.3, 0.4) is 0 Å². The number of fused-ring (bicyclic) bond motifs is 2. The molecule has 0 aromatic heterocycles. The highest BCUT2D eigenvalue weighted by molar-refractivity contribution is 5.65. The fraction of sp³-hybridized carbons (Fsp3) is 0.318. The lowest BCUT2D eigenvalue weighted by Gasteiger charge is -2.27. The minimum atomic E-state index is 0.532. The molecule has 0 fully saturated rings. The fourth-order valence-corrected chi connectivity index (χ4v) is 2.47. The van der Waals surface area contributed by atoms with Crippen LogP contribution in [0.1, 0.15) is 37.0 Å². The maximum atomic E-state index is 10.7. The summed E-state index contributed by atoms with van der Waals surface area (Å²) in [7, 11) is 3.75. The Morgan fingerprint density at radius 1 is 1.00 bits per heavy atom. The van der Waals surface area contributed by atoms with E-state index in [9.17, 15) is 4.79 Å². The highest BCUT2D eigenvalue weighted by Crippen LogP contribution is 2.25. The molecule has 3 heteroatoms. The molecule has 1 aliphatic heterocycles. The van der Waals surface area contributed by atoms with Gasteiger partial charge in [0.05, 0.1) is 5.69 Å². The van der Waals surface area contributed by atoms with Crippen molar-refractivity contribution < 1.29 is 4.79 Å². The highest BCUT2D eigenvalue weighted by Gasteiger charge is 2.14. The summed E-state index contributed by atoms with van der Waals surface area (Å²) in [5.41, 5.74) is 4.41. The second kappa shape index (κ2) is 11.9. The van der Waals surface area contributed by atoms with Gasteiger partial charge >= 0.3 is 0 Å². The van der Waals surface area contributed by atoms with Crippen molar-refractivity contribution >= 4 is 12.0 Å². The van der Waals surface area contributed by atoms with Crippen molar-refractivity contribution in [2.45, 2.75) is 26.8 Å². The van der Waals surface area contributed by atoms with E-state index in [2.05, 4.69) is 34.2 Å². The van der Waals surface area contributed by atoms with Gasteiger partial charge in [-0.2, -0.15) is 0 Å². The third-order valence-electron chi connectivity index (χ3n) is 3.47. The topological polar surface area (TPSA) is 32.3 Å². The molecule has 1 aliphatic rings. The largest absolute Gasteiger partial charge is 0.366 e. The molecule has 0 spiro atoms. The normalized spacial score (nSPS) is 10.8. The monoisotopic (exact) mass is 336 g/mol. The van der Waals surface area contributed by atoms with Crippen molar-refractivity contribution in [3.63, 3.8) is 0 Å². The van der Waals surface area contributed by atoms with Gasteiger partial charge in [0.25, 0.3) is 0 Å². The van der Waals surface area contributed by atoms with Crippen LogP contribution in [0.25, 0.3) is 0 Å². The summed E-state index contributed by atoms with van der Waals surface area (Å²) in [5, 5.41) is 2.75. The number of nitrogens with zero attached hydrogens (tertiary/aromatic N) is 1. The number of rotatable bonds is 3. The molecule has 3 nitrogen and oxygen atoms in total. The Hall–Kier alpha value is -2.57. The molecule has 0 radical (unpaired) electrons. The maximum absolute atomic E-state index is 10.7. The number of para-hydroxylation sites is 1. The molecule has 1 heterocycles. The standard InChI is InChI=1S/C18H15NO.C2H7N.C2H6/c20-13-5-12-19-14-17-8-2-1-6-15(17)10-11-16-7-3-4-9-18(16)19;1-3-2;1-2/h1-4,6-9,13H,5,12,14H2;3H,1-2H3;1-2H3. The van der Waals surface area contributed by atoms with E-state index in [1.165, 1.54) is 5.56 Å². The third kappa shape index (κ3) is 6.10. The van der Waals surface area contributed by atoms with E-state index in [1.807, 2.05) is 64.3 Å². The summed E-state index contributed by atoms with van der Waals surface area (Å²) in [6, 6.07) is 16.3. The molecule has 132 valence electrons.